The van der Waals surface area contributed by atoms with Gasteiger partial charge in [-0.15, -0.1) is 11.3 Å². The van der Waals surface area contributed by atoms with Crippen LogP contribution in [0.25, 0.3) is 10.9 Å². The minimum atomic E-state index is -0.688. The molecule has 3 aromatic rings. The van der Waals surface area contributed by atoms with E-state index < -0.39 is 17.4 Å². The Bertz CT molecular complexity index is 1170. The number of rotatable bonds is 5. The van der Waals surface area contributed by atoms with Crippen LogP contribution >= 0.6 is 11.3 Å². The van der Waals surface area contributed by atoms with Crippen LogP contribution in [0, 0.1) is 11.8 Å². The molecule has 7 nitrogen and oxygen atoms in total. The third kappa shape index (κ3) is 2.57. The van der Waals surface area contributed by atoms with Crippen molar-refractivity contribution in [3.8, 4) is 0 Å². The zero-order valence-corrected chi connectivity index (χ0v) is 16.9. The lowest BCUT2D eigenvalue weighted by molar-refractivity contribution is -0.135. The van der Waals surface area contributed by atoms with Crippen LogP contribution in [-0.4, -0.2) is 51.5 Å². The maximum absolute atomic E-state index is 13.3. The van der Waals surface area contributed by atoms with Crippen molar-refractivity contribution in [1.82, 2.24) is 14.9 Å². The Morgan fingerprint density at radius 3 is 3.17 bits per heavy atom. The molecule has 3 aliphatic rings. The number of ether oxygens (including phenoxy) is 1. The number of hydrogen-bond acceptors (Lipinski definition) is 5. The van der Waals surface area contributed by atoms with Crippen LogP contribution in [0.15, 0.2) is 54.2 Å². The summed E-state index contributed by atoms with van der Waals surface area (Å²) in [5.74, 6) is -1.20. The summed E-state index contributed by atoms with van der Waals surface area (Å²) in [6.45, 7) is 1.09. The number of fused-ring (bicyclic) bond motifs is 2. The summed E-state index contributed by atoms with van der Waals surface area (Å²) in [5, 5.41) is 6.38. The molecule has 3 aliphatic heterocycles. The predicted molar refractivity (Wildman–Crippen MR) is 113 cm³/mol. The number of anilines is 1. The van der Waals surface area contributed by atoms with Crippen LogP contribution in [0.2, 0.25) is 0 Å². The third-order valence-electron chi connectivity index (χ3n) is 6.47. The molecule has 1 aromatic carbocycles. The number of thiazole rings is 1. The van der Waals surface area contributed by atoms with Crippen molar-refractivity contribution < 1.29 is 14.3 Å². The average Bonchev–Trinajstić information content (AvgIpc) is 3.55. The Labute approximate surface area is 176 Å². The van der Waals surface area contributed by atoms with Gasteiger partial charge >= 0.3 is 0 Å². The van der Waals surface area contributed by atoms with Gasteiger partial charge < -0.3 is 19.9 Å². The largest absolute Gasteiger partial charge is 0.361 e. The minimum Gasteiger partial charge on any atom is -0.361 e. The fourth-order valence-corrected chi connectivity index (χ4v) is 5.67. The molecule has 2 N–H and O–H groups in total. The molecule has 0 aliphatic carbocycles. The zero-order chi connectivity index (χ0) is 20.3. The fraction of sp³-hybridized carbons (Fsp3) is 0.318. The number of para-hydroxylation sites is 1. The number of likely N-dealkylation sites (tertiary alicyclic amines) is 1. The number of hydrogen-bond donors (Lipinski definition) is 2. The predicted octanol–water partition coefficient (Wildman–Crippen LogP) is 2.59. The smallest absolute Gasteiger partial charge is 0.233 e. The van der Waals surface area contributed by atoms with Gasteiger partial charge in [0.2, 0.25) is 11.8 Å². The monoisotopic (exact) mass is 420 g/mol. The highest BCUT2D eigenvalue weighted by molar-refractivity contribution is 7.13. The van der Waals surface area contributed by atoms with Gasteiger partial charge in [0.25, 0.3) is 0 Å². The Morgan fingerprint density at radius 2 is 2.30 bits per heavy atom. The van der Waals surface area contributed by atoms with Gasteiger partial charge in [0.1, 0.15) is 5.60 Å². The maximum atomic E-state index is 13.3. The maximum Gasteiger partial charge on any atom is 0.233 e. The third-order valence-corrected chi connectivity index (χ3v) is 7.16. The lowest BCUT2D eigenvalue weighted by atomic mass is 9.77. The van der Waals surface area contributed by atoms with Gasteiger partial charge in [-0.2, -0.15) is 0 Å². The fourth-order valence-electron chi connectivity index (χ4n) is 5.13. The highest BCUT2D eigenvalue weighted by Crippen LogP contribution is 2.52. The Balaban J connectivity index is 1.21. The van der Waals surface area contributed by atoms with E-state index in [0.717, 1.165) is 11.9 Å². The normalized spacial score (nSPS) is 29.1. The van der Waals surface area contributed by atoms with Crippen molar-refractivity contribution in [2.24, 2.45) is 11.8 Å². The molecule has 5 heterocycles. The highest BCUT2D eigenvalue weighted by Gasteiger charge is 2.66. The molecule has 1 spiro atoms. The summed E-state index contributed by atoms with van der Waals surface area (Å²) < 4.78 is 6.19. The summed E-state index contributed by atoms with van der Waals surface area (Å²) in [6.07, 6.45) is 7.97. The van der Waals surface area contributed by atoms with Gasteiger partial charge in [-0.05, 0) is 18.1 Å². The number of aromatic nitrogens is 2. The molecule has 6 rings (SSSR count). The SMILES string of the molecule is O=C(Nc1nccs1)C1C2C(=O)N(CCc3c[nH]c4ccccc34)CC23C=C[C@H]1O3. The molecular formula is C22H20N4O3S. The number of benzene rings is 1. The number of aromatic amines is 1. The number of H-pyrrole nitrogens is 1. The standard InChI is InChI=1S/C22H20N4O3S/c27-19(25-21-23-8-10-30-21)17-16-5-7-22(29-16)12-26(20(28)18(17)22)9-6-13-11-24-15-4-2-1-3-14(13)15/h1-5,7-8,10-11,16-18,24H,6,9,12H2,(H,23,25,27)/t16-,17?,18?,22?/m1/s1. The van der Waals surface area contributed by atoms with Crippen molar-refractivity contribution in [1.29, 1.82) is 0 Å². The van der Waals surface area contributed by atoms with Crippen molar-refractivity contribution in [2.75, 3.05) is 18.4 Å². The number of nitrogens with zero attached hydrogens (tertiary/aromatic N) is 2. The van der Waals surface area contributed by atoms with Crippen molar-refractivity contribution >= 4 is 39.2 Å². The first kappa shape index (κ1) is 17.9. The van der Waals surface area contributed by atoms with Crippen LogP contribution < -0.4 is 5.32 Å². The topological polar surface area (TPSA) is 87.3 Å². The van der Waals surface area contributed by atoms with Gasteiger partial charge in [0.05, 0.1) is 24.5 Å². The first-order valence-electron chi connectivity index (χ1n) is 10.1. The van der Waals surface area contributed by atoms with Crippen molar-refractivity contribution in [2.45, 2.75) is 18.1 Å². The van der Waals surface area contributed by atoms with Crippen LogP contribution in [0.3, 0.4) is 0 Å². The molecule has 3 unspecified atom stereocenters. The molecule has 2 fully saturated rings. The van der Waals surface area contributed by atoms with Crippen molar-refractivity contribution in [3.63, 3.8) is 0 Å². The van der Waals surface area contributed by atoms with E-state index in [1.54, 1.807) is 6.20 Å². The Morgan fingerprint density at radius 1 is 1.40 bits per heavy atom. The molecule has 2 saturated heterocycles. The second kappa shape index (κ2) is 6.52. The van der Waals surface area contributed by atoms with E-state index in [2.05, 4.69) is 21.4 Å². The molecule has 0 radical (unpaired) electrons. The second-order valence-electron chi connectivity index (χ2n) is 8.10. The van der Waals surface area contributed by atoms with E-state index >= 15 is 0 Å². The molecular weight excluding hydrogens is 400 g/mol. The lowest BCUT2D eigenvalue weighted by Crippen LogP contribution is -2.41. The molecule has 152 valence electrons. The van der Waals surface area contributed by atoms with Crippen LogP contribution in [0.5, 0.6) is 0 Å². The Hall–Kier alpha value is -2.97. The first-order valence-corrected chi connectivity index (χ1v) is 10.9. The van der Waals surface area contributed by atoms with Gasteiger partial charge in [0.15, 0.2) is 5.13 Å². The Kier molecular flexibility index (Phi) is 3.88. The molecule has 2 amide bonds. The summed E-state index contributed by atoms with van der Waals surface area (Å²) >= 11 is 1.36. The molecule has 2 bridgehead atoms. The summed E-state index contributed by atoms with van der Waals surface area (Å²) in [7, 11) is 0. The molecule has 8 heteroatoms. The van der Waals surface area contributed by atoms with E-state index in [1.807, 2.05) is 46.8 Å². The first-order chi connectivity index (χ1) is 14.6. The van der Waals surface area contributed by atoms with Gasteiger partial charge in [-0.1, -0.05) is 30.4 Å². The number of amides is 2. The molecule has 4 atom stereocenters. The molecule has 2 aromatic heterocycles. The second-order valence-corrected chi connectivity index (χ2v) is 8.99. The number of carbonyl (C=O) groups excluding carboxylic acids is 2. The quantitative estimate of drug-likeness (QED) is 0.621. The van der Waals surface area contributed by atoms with Gasteiger partial charge in [-0.25, -0.2) is 4.98 Å². The summed E-state index contributed by atoms with van der Waals surface area (Å²) in [5.41, 5.74) is 1.60. The van der Waals surface area contributed by atoms with Gasteiger partial charge in [-0.3, -0.25) is 9.59 Å². The average molecular weight is 420 g/mol. The summed E-state index contributed by atoms with van der Waals surface area (Å²) in [6, 6.07) is 8.16. The summed E-state index contributed by atoms with van der Waals surface area (Å²) in [4.78, 5) is 35.5. The van der Waals surface area contributed by atoms with Crippen molar-refractivity contribution in [3.05, 3.63) is 59.8 Å². The van der Waals surface area contributed by atoms with E-state index in [-0.39, 0.29) is 17.9 Å². The zero-order valence-electron chi connectivity index (χ0n) is 16.1. The minimum absolute atomic E-state index is 0.000907. The van der Waals surface area contributed by atoms with Crippen LogP contribution in [0.4, 0.5) is 5.13 Å². The van der Waals surface area contributed by atoms with E-state index in [9.17, 15) is 9.59 Å². The van der Waals surface area contributed by atoms with Crippen LogP contribution in [0.1, 0.15) is 5.56 Å². The van der Waals surface area contributed by atoms with Gasteiger partial charge in [0, 0.05) is 35.2 Å². The lowest BCUT2D eigenvalue weighted by Gasteiger charge is -2.23. The van der Waals surface area contributed by atoms with E-state index in [1.165, 1.54) is 22.3 Å². The number of carbonyl (C=O) groups is 2. The van der Waals surface area contributed by atoms with E-state index in [0.29, 0.717) is 18.2 Å². The van der Waals surface area contributed by atoms with E-state index in [4.69, 9.17) is 4.74 Å². The molecule has 0 saturated carbocycles. The van der Waals surface area contributed by atoms with Crippen LogP contribution in [-0.2, 0) is 20.7 Å². The molecule has 30 heavy (non-hydrogen) atoms. The highest BCUT2D eigenvalue weighted by atomic mass is 32.1. The number of nitrogens with one attached hydrogen (secondary N) is 2.